The molecule has 0 aliphatic carbocycles. The van der Waals surface area contributed by atoms with Gasteiger partial charge in [-0.05, 0) is 62.5 Å². The molecule has 5 heterocycles. The fourth-order valence-corrected chi connectivity index (χ4v) is 6.19. The Morgan fingerprint density at radius 2 is 2.05 bits per heavy atom. The number of methoxy groups -OCH3 is 1. The summed E-state index contributed by atoms with van der Waals surface area (Å²) >= 11 is -0.213. The first kappa shape index (κ1) is 27.9. The van der Waals surface area contributed by atoms with Crippen LogP contribution >= 0.6 is 11.8 Å². The predicted molar refractivity (Wildman–Crippen MR) is 148 cm³/mol. The summed E-state index contributed by atoms with van der Waals surface area (Å²) < 4.78 is 47.5. The smallest absolute Gasteiger partial charge is 0.446 e. The molecular weight excluding hydrogens is 543 g/mol. The average molecular weight is 574 g/mol. The molecule has 0 unspecified atom stereocenters. The highest BCUT2D eigenvalue weighted by Gasteiger charge is 2.40. The van der Waals surface area contributed by atoms with Crippen molar-refractivity contribution in [1.29, 1.82) is 0 Å². The molecule has 3 atom stereocenters. The number of amides is 1. The van der Waals surface area contributed by atoms with E-state index in [9.17, 15) is 18.0 Å². The number of pyridine rings is 2. The van der Waals surface area contributed by atoms with Gasteiger partial charge in [0.2, 0.25) is 0 Å². The number of thioether (sulfide) groups is 1. The van der Waals surface area contributed by atoms with Gasteiger partial charge in [0, 0.05) is 31.2 Å². The lowest BCUT2D eigenvalue weighted by Crippen LogP contribution is -2.48. The number of piperidine rings is 1. The molecule has 0 radical (unpaired) electrons. The third kappa shape index (κ3) is 5.78. The number of nitrogens with zero attached hydrogens (tertiary/aromatic N) is 4. The van der Waals surface area contributed by atoms with Gasteiger partial charge in [-0.15, -0.1) is 0 Å². The fourth-order valence-electron chi connectivity index (χ4n) is 5.51. The predicted octanol–water partition coefficient (Wildman–Crippen LogP) is 4.21. The number of anilines is 2. The highest BCUT2D eigenvalue weighted by atomic mass is 32.2. The Morgan fingerprint density at radius 3 is 2.80 bits per heavy atom. The highest BCUT2D eigenvalue weighted by molar-refractivity contribution is 8.00. The van der Waals surface area contributed by atoms with E-state index in [1.54, 1.807) is 12.1 Å². The Kier molecular flexibility index (Phi) is 8.00. The van der Waals surface area contributed by atoms with Crippen molar-refractivity contribution in [2.75, 3.05) is 38.4 Å². The molecule has 40 heavy (non-hydrogen) atoms. The molecule has 3 aromatic rings. The van der Waals surface area contributed by atoms with Gasteiger partial charge in [-0.1, -0.05) is 12.0 Å². The van der Waals surface area contributed by atoms with Crippen molar-refractivity contribution in [3.63, 3.8) is 0 Å². The number of carbonyl (C=O) groups excluding carboxylic acids is 1. The fraction of sp³-hybridized carbons (Fsp3) is 0.444. The van der Waals surface area contributed by atoms with Crippen molar-refractivity contribution in [3.05, 3.63) is 41.9 Å². The maximum absolute atomic E-state index is 13.5. The minimum absolute atomic E-state index is 0.0418. The molecule has 3 N–H and O–H groups in total. The maximum atomic E-state index is 13.5. The Labute approximate surface area is 234 Å². The van der Waals surface area contributed by atoms with Crippen molar-refractivity contribution in [3.8, 4) is 17.6 Å². The molecule has 212 valence electrons. The van der Waals surface area contributed by atoms with Crippen molar-refractivity contribution in [2.45, 2.75) is 54.2 Å². The zero-order chi connectivity index (χ0) is 28.4. The topological polar surface area (TPSA) is 95.8 Å². The zero-order valence-electron chi connectivity index (χ0n) is 22.3. The highest BCUT2D eigenvalue weighted by Crippen LogP contribution is 2.41. The lowest BCUT2D eigenvalue weighted by molar-refractivity contribution is -0.0327. The number of hydrogen-bond donors (Lipinski definition) is 3. The first-order chi connectivity index (χ1) is 19.2. The summed E-state index contributed by atoms with van der Waals surface area (Å²) in [5, 5.41) is 13.6. The summed E-state index contributed by atoms with van der Waals surface area (Å²) in [6.45, 7) is 0.0870. The molecule has 2 bridgehead atoms. The van der Waals surface area contributed by atoms with Crippen molar-refractivity contribution < 1.29 is 22.7 Å². The minimum Gasteiger partial charge on any atom is -0.494 e. The molecule has 0 saturated carbocycles. The molecule has 1 amide bonds. The number of carbonyl (C=O) groups is 1. The van der Waals surface area contributed by atoms with Crippen LogP contribution in [0.15, 0.2) is 35.4 Å². The Balaban J connectivity index is 1.40. The molecule has 3 aromatic heterocycles. The lowest BCUT2D eigenvalue weighted by atomic mass is 9.98. The lowest BCUT2D eigenvalue weighted by Gasteiger charge is -2.38. The van der Waals surface area contributed by atoms with Crippen LogP contribution in [-0.2, 0) is 0 Å². The molecule has 2 fully saturated rings. The summed E-state index contributed by atoms with van der Waals surface area (Å²) in [4.78, 5) is 18.3. The van der Waals surface area contributed by atoms with E-state index in [2.05, 4.69) is 49.8 Å². The van der Waals surface area contributed by atoms with Crippen LogP contribution in [0.2, 0.25) is 0 Å². The van der Waals surface area contributed by atoms with Gasteiger partial charge in [0.1, 0.15) is 23.0 Å². The van der Waals surface area contributed by atoms with Gasteiger partial charge in [-0.2, -0.15) is 18.3 Å². The third-order valence-electron chi connectivity index (χ3n) is 7.45. The van der Waals surface area contributed by atoms with E-state index in [0.717, 1.165) is 19.3 Å². The molecular formula is C27H30F3N7O2S. The molecule has 2 aliphatic heterocycles. The normalized spacial score (nSPS) is 20.6. The van der Waals surface area contributed by atoms with Crippen LogP contribution in [0.4, 0.5) is 24.7 Å². The van der Waals surface area contributed by atoms with Crippen LogP contribution in [0, 0.1) is 11.8 Å². The van der Waals surface area contributed by atoms with Gasteiger partial charge in [0.25, 0.3) is 5.91 Å². The summed E-state index contributed by atoms with van der Waals surface area (Å²) in [6.07, 6.45) is 5.80. The molecule has 2 saturated heterocycles. The van der Waals surface area contributed by atoms with Gasteiger partial charge in [-0.3, -0.25) is 9.69 Å². The van der Waals surface area contributed by atoms with Crippen LogP contribution in [0.5, 0.6) is 5.75 Å². The van der Waals surface area contributed by atoms with E-state index < -0.39 is 5.51 Å². The summed E-state index contributed by atoms with van der Waals surface area (Å²) in [6, 6.07) is 7.87. The number of hydrogen-bond acceptors (Lipinski definition) is 8. The summed E-state index contributed by atoms with van der Waals surface area (Å²) in [5.41, 5.74) is -3.44. The van der Waals surface area contributed by atoms with Gasteiger partial charge < -0.3 is 20.7 Å². The number of ether oxygens (including phenoxy) is 1. The number of nitrogens with one attached hydrogen (secondary N) is 3. The molecule has 9 nitrogen and oxygen atoms in total. The van der Waals surface area contributed by atoms with Gasteiger partial charge in [0.15, 0.2) is 0 Å². The van der Waals surface area contributed by atoms with E-state index in [4.69, 9.17) is 4.74 Å². The number of fused-ring (bicyclic) bond motifs is 3. The maximum Gasteiger partial charge on any atom is 0.446 e. The molecule has 13 heteroatoms. The standard InChI is InChI=1S/C27H30F3N7O2S/c1-31-26(38)19-14-23(39-3)20(15-33-19)32-13-5-6-18-25(40-27(28,29)30)22-7-4-8-24(37(22)35-18)34-17-11-9-16-10-12-21(17)36(16)2/h4,7-8,14-17,21,32,34H,9-13H2,1-3H3,(H,31,38)/t16-,17-,21-/m1/s1. The van der Waals surface area contributed by atoms with Crippen molar-refractivity contribution in [2.24, 2.45) is 0 Å². The van der Waals surface area contributed by atoms with Gasteiger partial charge >= 0.3 is 5.51 Å². The number of alkyl halides is 3. The first-order valence-corrected chi connectivity index (χ1v) is 13.7. The Morgan fingerprint density at radius 1 is 1.25 bits per heavy atom. The van der Waals surface area contributed by atoms with Crippen LogP contribution in [0.3, 0.4) is 0 Å². The zero-order valence-corrected chi connectivity index (χ0v) is 23.1. The minimum atomic E-state index is -4.50. The van der Waals surface area contributed by atoms with E-state index in [0.29, 0.717) is 34.9 Å². The van der Waals surface area contributed by atoms with Gasteiger partial charge in [-0.25, -0.2) is 9.50 Å². The second kappa shape index (κ2) is 11.5. The number of rotatable bonds is 7. The number of likely N-dealkylation sites (N-methyl/N-ethyl adjacent to an activating group) is 1. The second-order valence-electron chi connectivity index (χ2n) is 9.73. The van der Waals surface area contributed by atoms with Crippen LogP contribution in [0.1, 0.15) is 41.9 Å². The van der Waals surface area contributed by atoms with Crippen molar-refractivity contribution >= 4 is 34.7 Å². The molecule has 2 aliphatic rings. The van der Waals surface area contributed by atoms with E-state index in [1.807, 2.05) is 6.07 Å². The van der Waals surface area contributed by atoms with Crippen LogP contribution < -0.4 is 20.7 Å². The quantitative estimate of drug-likeness (QED) is 0.286. The van der Waals surface area contributed by atoms with Crippen LogP contribution in [-0.4, -0.2) is 76.8 Å². The third-order valence-corrected chi connectivity index (χ3v) is 8.29. The van der Waals surface area contributed by atoms with Gasteiger partial charge in [0.05, 0.1) is 36.0 Å². The Bertz CT molecular complexity index is 1470. The molecule has 0 spiro atoms. The van der Waals surface area contributed by atoms with E-state index in [1.165, 1.54) is 37.4 Å². The average Bonchev–Trinajstić information content (AvgIpc) is 3.38. The van der Waals surface area contributed by atoms with Crippen molar-refractivity contribution in [1.82, 2.24) is 24.8 Å². The van der Waals surface area contributed by atoms with E-state index in [-0.39, 0.29) is 46.5 Å². The first-order valence-electron chi connectivity index (χ1n) is 12.9. The Hall–Kier alpha value is -3.63. The molecule has 5 rings (SSSR count). The summed E-state index contributed by atoms with van der Waals surface area (Å²) in [7, 11) is 5.10. The SMILES string of the molecule is CNC(=O)c1cc(OC)c(NCC#Cc2nn3c(N[C@@H]4CC[C@@H]5CC[C@H]4N5C)cccc3c2SC(F)(F)F)cn1. The second-order valence-corrected chi connectivity index (χ2v) is 10.8. The molecule has 0 aromatic carbocycles. The summed E-state index contributed by atoms with van der Waals surface area (Å²) in [5.74, 6) is 6.34. The number of aromatic nitrogens is 3. The monoisotopic (exact) mass is 573 g/mol. The van der Waals surface area contributed by atoms with Crippen LogP contribution in [0.25, 0.3) is 5.52 Å². The number of halogens is 3. The largest absolute Gasteiger partial charge is 0.494 e. The van der Waals surface area contributed by atoms with E-state index >= 15 is 0 Å².